The number of amides is 1. The van der Waals surface area contributed by atoms with Gasteiger partial charge in [-0.25, -0.2) is 0 Å². The third-order valence-corrected chi connectivity index (χ3v) is 3.45. The van der Waals surface area contributed by atoms with Crippen LogP contribution >= 0.6 is 22.7 Å². The second-order valence-corrected chi connectivity index (χ2v) is 4.80. The van der Waals surface area contributed by atoms with Crippen molar-refractivity contribution in [1.82, 2.24) is 5.32 Å². The number of hydrogen-bond donors (Lipinski definition) is 1. The van der Waals surface area contributed by atoms with E-state index in [0.29, 0.717) is 6.54 Å². The maximum absolute atomic E-state index is 11.4. The Morgan fingerprint density at radius 1 is 1.25 bits per heavy atom. The van der Waals surface area contributed by atoms with Crippen LogP contribution in [0.3, 0.4) is 0 Å². The van der Waals surface area contributed by atoms with Crippen LogP contribution in [-0.4, -0.2) is 5.91 Å². The van der Waals surface area contributed by atoms with Crippen LogP contribution < -0.4 is 5.32 Å². The summed E-state index contributed by atoms with van der Waals surface area (Å²) < 4.78 is 0. The number of carbonyl (C=O) groups is 1. The molecule has 2 rings (SSSR count). The summed E-state index contributed by atoms with van der Waals surface area (Å²) >= 11 is 3.26. The predicted molar refractivity (Wildman–Crippen MR) is 69.5 cm³/mol. The number of nitrogens with one attached hydrogen (secondary N) is 1. The molecule has 82 valence electrons. The fraction of sp³-hybridized carbons (Fsp3) is 0.0833. The fourth-order valence-electron chi connectivity index (χ4n) is 1.18. The Kier molecular flexibility index (Phi) is 3.91. The van der Waals surface area contributed by atoms with E-state index in [0.717, 1.165) is 11.1 Å². The second-order valence-electron chi connectivity index (χ2n) is 3.24. The van der Waals surface area contributed by atoms with Gasteiger partial charge in [-0.3, -0.25) is 4.79 Å². The fourth-order valence-corrected chi connectivity index (χ4v) is 2.48. The van der Waals surface area contributed by atoms with E-state index in [1.165, 1.54) is 0 Å². The molecule has 2 aromatic rings. The Bertz CT molecular complexity index is 457. The van der Waals surface area contributed by atoms with E-state index in [9.17, 15) is 4.79 Å². The summed E-state index contributed by atoms with van der Waals surface area (Å²) in [6.45, 7) is 0.594. The van der Waals surface area contributed by atoms with Crippen molar-refractivity contribution in [1.29, 1.82) is 0 Å². The Balaban J connectivity index is 1.81. The van der Waals surface area contributed by atoms with Crippen molar-refractivity contribution in [3.8, 4) is 0 Å². The molecule has 0 unspecified atom stereocenters. The van der Waals surface area contributed by atoms with Gasteiger partial charge in [-0.05, 0) is 50.9 Å². The van der Waals surface area contributed by atoms with Crippen molar-refractivity contribution in [2.75, 3.05) is 0 Å². The standard InChI is InChI=1S/C12H11NOS2/c14-12(2-1-10-3-5-15-8-10)13-7-11-4-6-16-9-11/h1-6,8-9H,7H2,(H,13,14)/b2-1+. The van der Waals surface area contributed by atoms with Gasteiger partial charge >= 0.3 is 0 Å². The van der Waals surface area contributed by atoms with Crippen molar-refractivity contribution < 1.29 is 4.79 Å². The Labute approximate surface area is 102 Å². The molecule has 0 saturated heterocycles. The largest absolute Gasteiger partial charge is 0.348 e. The molecule has 0 aromatic carbocycles. The molecule has 2 aromatic heterocycles. The number of carbonyl (C=O) groups excluding carboxylic acids is 1. The first-order chi connectivity index (χ1) is 7.84. The zero-order valence-electron chi connectivity index (χ0n) is 8.55. The van der Waals surface area contributed by atoms with Crippen molar-refractivity contribution >= 4 is 34.7 Å². The Hall–Kier alpha value is -1.39. The van der Waals surface area contributed by atoms with Gasteiger partial charge in [-0.1, -0.05) is 0 Å². The first-order valence-corrected chi connectivity index (χ1v) is 6.72. The van der Waals surface area contributed by atoms with Crippen LogP contribution in [0.2, 0.25) is 0 Å². The van der Waals surface area contributed by atoms with Gasteiger partial charge in [0.05, 0.1) is 0 Å². The SMILES string of the molecule is O=C(/C=C/c1ccsc1)NCc1ccsc1. The van der Waals surface area contributed by atoms with Gasteiger partial charge < -0.3 is 5.32 Å². The zero-order valence-corrected chi connectivity index (χ0v) is 10.2. The van der Waals surface area contributed by atoms with E-state index in [4.69, 9.17) is 0 Å². The van der Waals surface area contributed by atoms with E-state index in [2.05, 4.69) is 5.32 Å². The van der Waals surface area contributed by atoms with Gasteiger partial charge in [0.15, 0.2) is 0 Å². The molecule has 16 heavy (non-hydrogen) atoms. The van der Waals surface area contributed by atoms with Crippen LogP contribution in [0.4, 0.5) is 0 Å². The maximum Gasteiger partial charge on any atom is 0.244 e. The lowest BCUT2D eigenvalue weighted by Gasteiger charge is -1.98. The number of rotatable bonds is 4. The molecular weight excluding hydrogens is 238 g/mol. The summed E-state index contributed by atoms with van der Waals surface area (Å²) in [7, 11) is 0. The van der Waals surface area contributed by atoms with Gasteiger partial charge in [0.25, 0.3) is 0 Å². The number of thiophene rings is 2. The lowest BCUT2D eigenvalue weighted by molar-refractivity contribution is -0.116. The highest BCUT2D eigenvalue weighted by molar-refractivity contribution is 7.08. The monoisotopic (exact) mass is 249 g/mol. The summed E-state index contributed by atoms with van der Waals surface area (Å²) in [5.41, 5.74) is 2.21. The smallest absolute Gasteiger partial charge is 0.244 e. The molecule has 0 aliphatic carbocycles. The third-order valence-electron chi connectivity index (χ3n) is 2.02. The van der Waals surface area contributed by atoms with E-state index in [-0.39, 0.29) is 5.91 Å². The van der Waals surface area contributed by atoms with E-state index in [1.807, 2.05) is 39.7 Å². The van der Waals surface area contributed by atoms with Crippen LogP contribution in [0, 0.1) is 0 Å². The maximum atomic E-state index is 11.4. The van der Waals surface area contributed by atoms with E-state index in [1.54, 1.807) is 28.7 Å². The minimum atomic E-state index is -0.0580. The molecule has 2 heterocycles. The molecule has 2 nitrogen and oxygen atoms in total. The first-order valence-electron chi connectivity index (χ1n) is 4.84. The highest BCUT2D eigenvalue weighted by Crippen LogP contribution is 2.07. The normalized spacial score (nSPS) is 10.8. The van der Waals surface area contributed by atoms with Gasteiger partial charge in [0, 0.05) is 12.6 Å². The third kappa shape index (κ3) is 3.32. The molecule has 0 bridgehead atoms. The molecule has 0 spiro atoms. The topological polar surface area (TPSA) is 29.1 Å². The average molecular weight is 249 g/mol. The van der Waals surface area contributed by atoms with Crippen LogP contribution in [0.1, 0.15) is 11.1 Å². The molecular formula is C12H11NOS2. The second kappa shape index (κ2) is 5.63. The highest BCUT2D eigenvalue weighted by atomic mass is 32.1. The van der Waals surface area contributed by atoms with Gasteiger partial charge in [-0.15, -0.1) is 0 Å². The average Bonchev–Trinajstić information content (AvgIpc) is 2.96. The Morgan fingerprint density at radius 2 is 2.06 bits per heavy atom. The van der Waals surface area contributed by atoms with Gasteiger partial charge in [0.2, 0.25) is 5.91 Å². The number of hydrogen-bond acceptors (Lipinski definition) is 3. The molecule has 0 fully saturated rings. The first kappa shape index (κ1) is 11.1. The summed E-state index contributed by atoms with van der Waals surface area (Å²) in [6, 6.07) is 3.99. The van der Waals surface area contributed by atoms with Gasteiger partial charge in [-0.2, -0.15) is 22.7 Å². The summed E-state index contributed by atoms with van der Waals surface area (Å²) in [5, 5.41) is 10.9. The van der Waals surface area contributed by atoms with Crippen LogP contribution in [0.15, 0.2) is 39.7 Å². The molecule has 1 N–H and O–H groups in total. The van der Waals surface area contributed by atoms with Crippen molar-refractivity contribution in [3.05, 3.63) is 50.9 Å². The molecule has 4 heteroatoms. The van der Waals surface area contributed by atoms with Crippen LogP contribution in [-0.2, 0) is 11.3 Å². The molecule has 0 aliphatic rings. The quantitative estimate of drug-likeness (QED) is 0.829. The molecule has 1 amide bonds. The minimum Gasteiger partial charge on any atom is -0.348 e. The van der Waals surface area contributed by atoms with Gasteiger partial charge in [0.1, 0.15) is 0 Å². The molecule has 0 atom stereocenters. The van der Waals surface area contributed by atoms with Crippen molar-refractivity contribution in [2.45, 2.75) is 6.54 Å². The summed E-state index contributed by atoms with van der Waals surface area (Å²) in [4.78, 5) is 11.4. The lowest BCUT2D eigenvalue weighted by Crippen LogP contribution is -2.19. The Morgan fingerprint density at radius 3 is 2.75 bits per heavy atom. The van der Waals surface area contributed by atoms with Crippen molar-refractivity contribution in [3.63, 3.8) is 0 Å². The predicted octanol–water partition coefficient (Wildman–Crippen LogP) is 3.14. The van der Waals surface area contributed by atoms with E-state index < -0.39 is 0 Å². The summed E-state index contributed by atoms with van der Waals surface area (Å²) in [5.74, 6) is -0.0580. The highest BCUT2D eigenvalue weighted by Gasteiger charge is 1.96. The molecule has 0 saturated carbocycles. The summed E-state index contributed by atoms with van der Waals surface area (Å²) in [6.07, 6.45) is 3.38. The molecule has 0 aliphatic heterocycles. The van der Waals surface area contributed by atoms with Crippen molar-refractivity contribution in [2.24, 2.45) is 0 Å². The van der Waals surface area contributed by atoms with E-state index >= 15 is 0 Å². The van der Waals surface area contributed by atoms with Crippen LogP contribution in [0.25, 0.3) is 6.08 Å². The van der Waals surface area contributed by atoms with Crippen LogP contribution in [0.5, 0.6) is 0 Å². The minimum absolute atomic E-state index is 0.0580. The zero-order chi connectivity index (χ0) is 11.2. The molecule has 0 radical (unpaired) electrons. The lowest BCUT2D eigenvalue weighted by atomic mass is 10.3.